The van der Waals surface area contributed by atoms with Crippen LogP contribution in [0.5, 0.6) is 5.75 Å². The third-order valence-electron chi connectivity index (χ3n) is 5.33. The summed E-state index contributed by atoms with van der Waals surface area (Å²) in [5.74, 6) is 1.66. The fraction of sp³-hybridized carbons (Fsp3) is 0.192. The van der Waals surface area contributed by atoms with Crippen LogP contribution in [0.15, 0.2) is 87.0 Å². The first kappa shape index (κ1) is 23.4. The van der Waals surface area contributed by atoms with Crippen LogP contribution in [0.3, 0.4) is 0 Å². The lowest BCUT2D eigenvalue weighted by Gasteiger charge is -2.26. The third-order valence-corrected chi connectivity index (χ3v) is 5.33. The van der Waals surface area contributed by atoms with E-state index < -0.39 is 11.2 Å². The van der Waals surface area contributed by atoms with Crippen molar-refractivity contribution in [1.29, 1.82) is 0 Å². The van der Waals surface area contributed by atoms with Crippen molar-refractivity contribution >= 4 is 17.2 Å². The van der Waals surface area contributed by atoms with E-state index in [0.29, 0.717) is 29.6 Å². The number of aromatic nitrogens is 2. The number of hydrogen-bond acceptors (Lipinski definition) is 5. The van der Waals surface area contributed by atoms with E-state index in [4.69, 9.17) is 9.15 Å². The summed E-state index contributed by atoms with van der Waals surface area (Å²) in [5, 5.41) is 0. The maximum atomic E-state index is 13.2. The minimum absolute atomic E-state index is 0.0923. The van der Waals surface area contributed by atoms with Gasteiger partial charge >= 0.3 is 11.8 Å². The lowest BCUT2D eigenvalue weighted by molar-refractivity contribution is 0.340. The molecule has 4 rings (SSSR count). The van der Waals surface area contributed by atoms with Crippen molar-refractivity contribution < 1.29 is 9.15 Å². The van der Waals surface area contributed by atoms with Gasteiger partial charge in [0.2, 0.25) is 5.56 Å². The van der Waals surface area contributed by atoms with Crippen LogP contribution in [0.1, 0.15) is 18.2 Å². The molecule has 0 saturated heterocycles. The lowest BCUT2D eigenvalue weighted by atomic mass is 10.2. The Morgan fingerprint density at radius 2 is 1.74 bits per heavy atom. The van der Waals surface area contributed by atoms with Gasteiger partial charge in [-0.15, -0.1) is 0 Å². The van der Waals surface area contributed by atoms with E-state index in [1.54, 1.807) is 36.4 Å². The highest BCUT2D eigenvalue weighted by atomic mass is 16.5. The summed E-state index contributed by atoms with van der Waals surface area (Å²) in [5.41, 5.74) is 4.54. The number of anilines is 2. The Kier molecular flexibility index (Phi) is 7.02. The maximum absolute atomic E-state index is 13.2. The Hall–Kier alpha value is -4.71. The predicted molar refractivity (Wildman–Crippen MR) is 135 cm³/mol. The molecule has 0 saturated carbocycles. The molecule has 0 aliphatic heterocycles. The molecule has 0 aliphatic rings. The van der Waals surface area contributed by atoms with E-state index >= 15 is 0 Å². The Morgan fingerprint density at radius 1 is 1.00 bits per heavy atom. The summed E-state index contributed by atoms with van der Waals surface area (Å²) in [7, 11) is 3.02. The molecule has 0 spiro atoms. The number of rotatable bonds is 7. The van der Waals surface area contributed by atoms with Crippen LogP contribution in [0.2, 0.25) is 0 Å². The molecule has 0 atom stereocenters. The number of nitrogens with zero attached hydrogens (tertiary/aromatic N) is 5. The first-order valence-corrected chi connectivity index (χ1v) is 11.0. The minimum atomic E-state index is -0.537. The SMILES string of the molecule is CCOc1ccc(N(Cc2ccco2)c2c(C#[N+][N-]c3ccccc3)c(=O)n(C)c(=O)n2C)cc1. The van der Waals surface area contributed by atoms with E-state index in [-0.39, 0.29) is 12.1 Å². The molecule has 0 bridgehead atoms. The van der Waals surface area contributed by atoms with Gasteiger partial charge in [-0.2, -0.15) is 0 Å². The van der Waals surface area contributed by atoms with Crippen LogP contribution in [0.4, 0.5) is 17.2 Å². The predicted octanol–water partition coefficient (Wildman–Crippen LogP) is 4.72. The van der Waals surface area contributed by atoms with Crippen molar-refractivity contribution in [3.05, 3.63) is 116 Å². The Morgan fingerprint density at radius 3 is 2.40 bits per heavy atom. The summed E-state index contributed by atoms with van der Waals surface area (Å²) in [6.07, 6.45) is 1.57. The van der Waals surface area contributed by atoms with Crippen LogP contribution in [-0.4, -0.2) is 15.7 Å². The Bertz CT molecular complexity index is 1460. The molecule has 4 aromatic rings. The molecule has 0 unspecified atom stereocenters. The van der Waals surface area contributed by atoms with Crippen molar-refractivity contribution in [3.63, 3.8) is 0 Å². The van der Waals surface area contributed by atoms with Crippen molar-refractivity contribution in [1.82, 2.24) is 9.13 Å². The molecule has 35 heavy (non-hydrogen) atoms. The quantitative estimate of drug-likeness (QED) is 0.364. The molecule has 0 N–H and O–H groups in total. The number of furan rings is 1. The molecule has 9 nitrogen and oxygen atoms in total. The number of hydrogen-bond donors (Lipinski definition) is 0. The van der Waals surface area contributed by atoms with Gasteiger partial charge in [-0.25, -0.2) is 4.79 Å². The summed E-state index contributed by atoms with van der Waals surface area (Å²) in [6, 6.07) is 22.8. The van der Waals surface area contributed by atoms with E-state index in [0.717, 1.165) is 10.3 Å². The van der Waals surface area contributed by atoms with Gasteiger partial charge in [0, 0.05) is 19.8 Å². The average Bonchev–Trinajstić information content (AvgIpc) is 3.40. The molecular formula is C26H25N5O4. The van der Waals surface area contributed by atoms with Crippen LogP contribution in [-0.2, 0) is 20.6 Å². The fourth-order valence-corrected chi connectivity index (χ4v) is 3.61. The second kappa shape index (κ2) is 10.5. The zero-order chi connectivity index (χ0) is 24.8. The second-order valence-corrected chi connectivity index (χ2v) is 7.64. The summed E-state index contributed by atoms with van der Waals surface area (Å²) >= 11 is 0. The number of ether oxygens (including phenoxy) is 1. The summed E-state index contributed by atoms with van der Waals surface area (Å²) in [4.78, 5) is 31.9. The van der Waals surface area contributed by atoms with E-state index in [2.05, 4.69) is 16.4 Å². The molecule has 0 fully saturated rings. The van der Waals surface area contributed by atoms with E-state index in [1.807, 2.05) is 55.5 Å². The summed E-state index contributed by atoms with van der Waals surface area (Å²) < 4.78 is 13.5. The molecule has 0 aliphatic carbocycles. The van der Waals surface area contributed by atoms with Gasteiger partial charge in [0.05, 0.1) is 19.4 Å². The zero-order valence-electron chi connectivity index (χ0n) is 19.7. The van der Waals surface area contributed by atoms with Gasteiger partial charge in [0.15, 0.2) is 0 Å². The lowest BCUT2D eigenvalue weighted by Crippen LogP contribution is -2.41. The van der Waals surface area contributed by atoms with Gasteiger partial charge < -0.3 is 14.1 Å². The van der Waals surface area contributed by atoms with Gasteiger partial charge in [-0.3, -0.25) is 19.4 Å². The molecule has 0 radical (unpaired) electrons. The first-order chi connectivity index (χ1) is 17.0. The van der Waals surface area contributed by atoms with Crippen molar-refractivity contribution in [2.24, 2.45) is 14.1 Å². The third kappa shape index (κ3) is 5.12. The highest BCUT2D eigenvalue weighted by Crippen LogP contribution is 2.30. The van der Waals surface area contributed by atoms with E-state index in [1.165, 1.54) is 11.6 Å². The molecule has 2 aromatic carbocycles. The molecule has 0 amide bonds. The van der Waals surface area contributed by atoms with Gasteiger partial charge in [0.25, 0.3) is 5.56 Å². The molecular weight excluding hydrogens is 446 g/mol. The average molecular weight is 472 g/mol. The van der Waals surface area contributed by atoms with Crippen LogP contribution < -0.4 is 20.9 Å². The molecule has 2 heterocycles. The highest BCUT2D eigenvalue weighted by molar-refractivity contribution is 5.67. The maximum Gasteiger partial charge on any atom is 0.332 e. The van der Waals surface area contributed by atoms with Crippen LogP contribution in [0, 0.1) is 6.07 Å². The molecule has 9 heteroatoms. The van der Waals surface area contributed by atoms with Crippen molar-refractivity contribution in [2.45, 2.75) is 13.5 Å². The van der Waals surface area contributed by atoms with Crippen molar-refractivity contribution in [3.8, 4) is 11.8 Å². The largest absolute Gasteiger partial charge is 0.494 e. The Labute approximate surface area is 202 Å². The molecule has 2 aromatic heterocycles. The van der Waals surface area contributed by atoms with Gasteiger partial charge in [0.1, 0.15) is 17.3 Å². The summed E-state index contributed by atoms with van der Waals surface area (Å²) in [6.45, 7) is 2.71. The van der Waals surface area contributed by atoms with Gasteiger partial charge in [-0.1, -0.05) is 41.0 Å². The zero-order valence-corrected chi connectivity index (χ0v) is 19.7. The van der Waals surface area contributed by atoms with Gasteiger partial charge in [-0.05, 0) is 43.3 Å². The normalized spacial score (nSPS) is 10.4. The number of benzene rings is 2. The smallest absolute Gasteiger partial charge is 0.332 e. The second-order valence-electron chi connectivity index (χ2n) is 7.64. The first-order valence-electron chi connectivity index (χ1n) is 11.0. The minimum Gasteiger partial charge on any atom is -0.494 e. The topological polar surface area (TPSA) is 88.1 Å². The van der Waals surface area contributed by atoms with Crippen LogP contribution >= 0.6 is 0 Å². The standard InChI is InChI=1S/C26H25N5O4/c1-4-34-21-14-12-20(13-15-21)31(18-22-11-8-16-35-22)24-23(25(32)30(3)26(33)29(24)2)17-27-28-19-9-6-5-7-10-19/h5-16H,4,18H2,1-3H3. The highest BCUT2D eigenvalue weighted by Gasteiger charge is 2.25. The monoisotopic (exact) mass is 471 g/mol. The van der Waals surface area contributed by atoms with Crippen LogP contribution in [0.25, 0.3) is 10.4 Å². The Balaban J connectivity index is 1.87. The van der Waals surface area contributed by atoms with Crippen molar-refractivity contribution in [2.75, 3.05) is 11.5 Å². The molecule has 178 valence electrons. The van der Waals surface area contributed by atoms with E-state index in [9.17, 15) is 9.59 Å². The fourth-order valence-electron chi connectivity index (χ4n) is 3.61.